The van der Waals surface area contributed by atoms with Gasteiger partial charge < -0.3 is 0 Å². The van der Waals surface area contributed by atoms with E-state index < -0.39 is 0 Å². The summed E-state index contributed by atoms with van der Waals surface area (Å²) in [6, 6.07) is 0. The van der Waals surface area contributed by atoms with E-state index in [2.05, 4.69) is 26.0 Å². The van der Waals surface area contributed by atoms with Crippen molar-refractivity contribution in [3.05, 3.63) is 23.3 Å². The highest BCUT2D eigenvalue weighted by Gasteiger charge is 2.20. The number of allylic oxidation sites excluding steroid dienone is 4. The van der Waals surface area contributed by atoms with Crippen LogP contribution in [0.1, 0.15) is 27.2 Å². The minimum atomic E-state index is -0.135. The van der Waals surface area contributed by atoms with Crippen molar-refractivity contribution in [2.75, 3.05) is 0 Å². The zero-order valence-corrected chi connectivity index (χ0v) is 7.50. The molecule has 0 saturated heterocycles. The van der Waals surface area contributed by atoms with Gasteiger partial charge in [0.05, 0.1) is 4.87 Å². The lowest BCUT2D eigenvalue weighted by atomic mass is 9.92. The summed E-state index contributed by atoms with van der Waals surface area (Å²) in [4.78, 5) is -0.135. The van der Waals surface area contributed by atoms with Crippen LogP contribution in [0.25, 0.3) is 0 Å². The maximum absolute atomic E-state index is 6.11. The van der Waals surface area contributed by atoms with E-state index in [0.717, 1.165) is 6.42 Å². The summed E-state index contributed by atoms with van der Waals surface area (Å²) in [5.41, 5.74) is 2.76. The van der Waals surface area contributed by atoms with Crippen LogP contribution in [0.4, 0.5) is 0 Å². The molecule has 1 atom stereocenters. The Morgan fingerprint density at radius 1 is 1.50 bits per heavy atom. The molecule has 0 fully saturated rings. The number of halogens is 1. The Kier molecular flexibility index (Phi) is 1.91. The number of hydrogen-bond donors (Lipinski definition) is 0. The second kappa shape index (κ2) is 2.43. The first-order valence-corrected chi connectivity index (χ1v) is 3.93. The molecule has 0 aromatic carbocycles. The van der Waals surface area contributed by atoms with Crippen molar-refractivity contribution in [2.24, 2.45) is 0 Å². The van der Waals surface area contributed by atoms with Crippen LogP contribution in [0.15, 0.2) is 23.3 Å². The van der Waals surface area contributed by atoms with Gasteiger partial charge in [0.2, 0.25) is 0 Å². The molecule has 0 nitrogen and oxygen atoms in total. The lowest BCUT2D eigenvalue weighted by Crippen LogP contribution is -2.16. The molecule has 0 spiro atoms. The first-order chi connectivity index (χ1) is 4.51. The molecular formula is C9H13Cl. The first-order valence-electron chi connectivity index (χ1n) is 3.56. The van der Waals surface area contributed by atoms with Gasteiger partial charge in [0.25, 0.3) is 0 Å². The van der Waals surface area contributed by atoms with Crippen LogP contribution in [0, 0.1) is 0 Å². The summed E-state index contributed by atoms with van der Waals surface area (Å²) < 4.78 is 0. The molecule has 0 saturated carbocycles. The van der Waals surface area contributed by atoms with E-state index in [9.17, 15) is 0 Å². The Labute approximate surface area is 67.6 Å². The molecule has 1 aliphatic carbocycles. The van der Waals surface area contributed by atoms with Crippen molar-refractivity contribution in [1.29, 1.82) is 0 Å². The molecule has 10 heavy (non-hydrogen) atoms. The second-order valence-electron chi connectivity index (χ2n) is 3.25. The van der Waals surface area contributed by atoms with Crippen LogP contribution < -0.4 is 0 Å². The molecule has 56 valence electrons. The van der Waals surface area contributed by atoms with Crippen LogP contribution in [0.5, 0.6) is 0 Å². The normalized spacial score (nSPS) is 33.2. The summed E-state index contributed by atoms with van der Waals surface area (Å²) in [5.74, 6) is 0. The average molecular weight is 157 g/mol. The molecule has 1 unspecified atom stereocenters. The van der Waals surface area contributed by atoms with Gasteiger partial charge in [-0.05, 0) is 27.2 Å². The van der Waals surface area contributed by atoms with E-state index in [1.807, 2.05) is 6.92 Å². The Bertz CT molecular complexity index is 197. The van der Waals surface area contributed by atoms with Crippen LogP contribution in [-0.4, -0.2) is 4.87 Å². The smallest absolute Gasteiger partial charge is 0.0638 e. The minimum absolute atomic E-state index is 0.135. The molecule has 0 radical (unpaired) electrons. The first kappa shape index (κ1) is 7.87. The van der Waals surface area contributed by atoms with Crippen molar-refractivity contribution in [1.82, 2.24) is 0 Å². The van der Waals surface area contributed by atoms with Gasteiger partial charge in [0, 0.05) is 0 Å². The Morgan fingerprint density at radius 2 is 2.10 bits per heavy atom. The fraction of sp³-hybridized carbons (Fsp3) is 0.556. The molecule has 0 amide bonds. The predicted molar refractivity (Wildman–Crippen MR) is 46.4 cm³/mol. The molecule has 1 heteroatoms. The summed E-state index contributed by atoms with van der Waals surface area (Å²) in [5, 5.41) is 0. The topological polar surface area (TPSA) is 0 Å². The largest absolute Gasteiger partial charge is 0.115 e. The average Bonchev–Trinajstić information content (AvgIpc) is 1.79. The molecule has 1 aliphatic rings. The van der Waals surface area contributed by atoms with Gasteiger partial charge in [-0.2, -0.15) is 0 Å². The maximum atomic E-state index is 6.11. The Morgan fingerprint density at radius 3 is 2.50 bits per heavy atom. The maximum Gasteiger partial charge on any atom is 0.0638 e. The van der Waals surface area contributed by atoms with Gasteiger partial charge in [-0.3, -0.25) is 0 Å². The van der Waals surface area contributed by atoms with E-state index in [1.165, 1.54) is 11.1 Å². The Hall–Kier alpha value is -0.230. The third-order valence-corrected chi connectivity index (χ3v) is 2.22. The Balaban J connectivity index is 2.85. The van der Waals surface area contributed by atoms with Crippen molar-refractivity contribution >= 4 is 11.6 Å². The summed E-state index contributed by atoms with van der Waals surface area (Å²) in [6.07, 6.45) is 5.15. The van der Waals surface area contributed by atoms with Crippen molar-refractivity contribution < 1.29 is 0 Å². The highest BCUT2D eigenvalue weighted by atomic mass is 35.5. The molecular weight excluding hydrogens is 144 g/mol. The molecule has 1 rings (SSSR count). The third-order valence-electron chi connectivity index (χ3n) is 1.96. The van der Waals surface area contributed by atoms with Gasteiger partial charge >= 0.3 is 0 Å². The highest BCUT2D eigenvalue weighted by molar-refractivity contribution is 6.25. The minimum Gasteiger partial charge on any atom is -0.115 e. The molecule has 0 heterocycles. The van der Waals surface area contributed by atoms with Gasteiger partial charge in [-0.25, -0.2) is 0 Å². The molecule has 0 aromatic heterocycles. The molecule has 0 aliphatic heterocycles. The lowest BCUT2D eigenvalue weighted by Gasteiger charge is -2.22. The third kappa shape index (κ3) is 1.63. The van der Waals surface area contributed by atoms with Crippen molar-refractivity contribution in [3.63, 3.8) is 0 Å². The molecule has 0 aromatic rings. The zero-order chi connectivity index (χ0) is 7.78. The monoisotopic (exact) mass is 156 g/mol. The number of alkyl halides is 1. The van der Waals surface area contributed by atoms with E-state index in [-0.39, 0.29) is 4.87 Å². The summed E-state index contributed by atoms with van der Waals surface area (Å²) >= 11 is 6.11. The van der Waals surface area contributed by atoms with Crippen LogP contribution in [-0.2, 0) is 0 Å². The van der Waals surface area contributed by atoms with Gasteiger partial charge in [0.15, 0.2) is 0 Å². The summed E-state index contributed by atoms with van der Waals surface area (Å²) in [7, 11) is 0. The highest BCUT2D eigenvalue weighted by Crippen LogP contribution is 2.31. The number of rotatable bonds is 0. The fourth-order valence-electron chi connectivity index (χ4n) is 1.16. The predicted octanol–water partition coefficient (Wildman–Crippen LogP) is 3.28. The lowest BCUT2D eigenvalue weighted by molar-refractivity contribution is 0.742. The van der Waals surface area contributed by atoms with Crippen molar-refractivity contribution in [2.45, 2.75) is 32.1 Å². The van der Waals surface area contributed by atoms with Crippen molar-refractivity contribution in [3.8, 4) is 0 Å². The zero-order valence-electron chi connectivity index (χ0n) is 6.74. The van der Waals surface area contributed by atoms with E-state index in [4.69, 9.17) is 11.6 Å². The van der Waals surface area contributed by atoms with Gasteiger partial charge in [-0.15, -0.1) is 11.6 Å². The van der Waals surface area contributed by atoms with E-state index in [1.54, 1.807) is 0 Å². The standard InChI is InChI=1S/C9H13Cl/c1-7-4-5-9(3,10)6-8(7)2/h4-5H,6H2,1-3H3. The molecule has 0 N–H and O–H groups in total. The quantitative estimate of drug-likeness (QED) is 0.473. The fourth-order valence-corrected chi connectivity index (χ4v) is 1.42. The van der Waals surface area contributed by atoms with Gasteiger partial charge in [0.1, 0.15) is 0 Å². The molecule has 0 bridgehead atoms. The van der Waals surface area contributed by atoms with Crippen LogP contribution in [0.2, 0.25) is 0 Å². The van der Waals surface area contributed by atoms with Crippen LogP contribution in [0.3, 0.4) is 0 Å². The van der Waals surface area contributed by atoms with Crippen LogP contribution >= 0.6 is 11.6 Å². The van der Waals surface area contributed by atoms with E-state index >= 15 is 0 Å². The van der Waals surface area contributed by atoms with E-state index in [0.29, 0.717) is 0 Å². The SMILES string of the molecule is CC1=C(C)CC(C)(Cl)C=C1. The number of hydrogen-bond acceptors (Lipinski definition) is 0. The van der Waals surface area contributed by atoms with Gasteiger partial charge in [-0.1, -0.05) is 23.3 Å². The second-order valence-corrected chi connectivity index (χ2v) is 4.11. The summed E-state index contributed by atoms with van der Waals surface area (Å²) in [6.45, 7) is 6.30.